The molecule has 0 fully saturated rings. The maximum absolute atomic E-state index is 10.1. The summed E-state index contributed by atoms with van der Waals surface area (Å²) in [7, 11) is 7.65. The molecule has 9 heteroatoms. The Morgan fingerprint density at radius 3 is 2.10 bits per heavy atom. The van der Waals surface area contributed by atoms with Crippen LogP contribution in [0, 0.1) is 0 Å². The molecular formula is C21H22N2O6Se. The van der Waals surface area contributed by atoms with Crippen molar-refractivity contribution in [2.45, 2.75) is 0 Å². The molecule has 0 aliphatic carbocycles. The van der Waals surface area contributed by atoms with E-state index in [0.29, 0.717) is 28.7 Å². The summed E-state index contributed by atoms with van der Waals surface area (Å²) in [6.07, 6.45) is 0. The first kappa shape index (κ1) is 21.5. The maximum atomic E-state index is 10.1. The van der Waals surface area contributed by atoms with E-state index in [2.05, 4.69) is 5.16 Å². The van der Waals surface area contributed by atoms with Crippen LogP contribution in [0.2, 0.25) is 0 Å². The zero-order valence-electron chi connectivity index (χ0n) is 17.3. The summed E-state index contributed by atoms with van der Waals surface area (Å²) in [5.74, 6) is 1.98. The van der Waals surface area contributed by atoms with Gasteiger partial charge in [-0.15, -0.1) is 0 Å². The molecule has 30 heavy (non-hydrogen) atoms. The molecule has 3 aromatic rings. The number of phenols is 1. The summed E-state index contributed by atoms with van der Waals surface area (Å²) < 4.78 is 22.2. The second-order valence-electron chi connectivity index (χ2n) is 5.96. The number of methoxy groups -OCH3 is 4. The van der Waals surface area contributed by atoms with E-state index in [1.54, 1.807) is 45.6 Å². The van der Waals surface area contributed by atoms with Crippen LogP contribution >= 0.6 is 0 Å². The molecule has 8 nitrogen and oxygen atoms in total. The normalized spacial score (nSPS) is 11.2. The van der Waals surface area contributed by atoms with Gasteiger partial charge in [0.2, 0.25) is 0 Å². The number of benzene rings is 2. The van der Waals surface area contributed by atoms with Crippen LogP contribution in [0.1, 0.15) is 10.1 Å². The number of hydrogen-bond acceptors (Lipinski definition) is 8. The Morgan fingerprint density at radius 2 is 1.57 bits per heavy atom. The van der Waals surface area contributed by atoms with Crippen molar-refractivity contribution in [1.82, 2.24) is 4.98 Å². The first-order chi connectivity index (χ1) is 14.6. The minimum atomic E-state index is -0.0946. The Hall–Kier alpha value is -3.16. The Kier molecular flexibility index (Phi) is 6.87. The van der Waals surface area contributed by atoms with E-state index in [0.717, 1.165) is 21.4 Å². The van der Waals surface area contributed by atoms with Crippen LogP contribution in [-0.4, -0.2) is 65.9 Å². The fourth-order valence-corrected chi connectivity index (χ4v) is 4.63. The molecule has 0 saturated heterocycles. The number of aromatic nitrogens is 1. The van der Waals surface area contributed by atoms with Crippen LogP contribution in [0.4, 0.5) is 0 Å². The Labute approximate surface area is 180 Å². The molecule has 0 radical (unpaired) electrons. The summed E-state index contributed by atoms with van der Waals surface area (Å²) in [5, 5.41) is 14.3. The third-order valence-electron chi connectivity index (χ3n) is 4.30. The van der Waals surface area contributed by atoms with Gasteiger partial charge in [0.15, 0.2) is 0 Å². The first-order valence-corrected chi connectivity index (χ1v) is 10.7. The molecule has 1 heterocycles. The monoisotopic (exact) mass is 478 g/mol. The van der Waals surface area contributed by atoms with E-state index in [-0.39, 0.29) is 20.3 Å². The fourth-order valence-electron chi connectivity index (χ4n) is 2.89. The molecule has 0 amide bonds. The second-order valence-corrected chi connectivity index (χ2v) is 7.76. The van der Waals surface area contributed by atoms with Crippen LogP contribution in [-0.2, 0) is 4.84 Å². The van der Waals surface area contributed by atoms with E-state index in [4.69, 9.17) is 28.8 Å². The number of hydrogen-bond donors (Lipinski definition) is 1. The molecule has 158 valence electrons. The van der Waals surface area contributed by atoms with E-state index < -0.39 is 0 Å². The molecule has 0 saturated carbocycles. The van der Waals surface area contributed by atoms with E-state index in [9.17, 15) is 5.11 Å². The van der Waals surface area contributed by atoms with Crippen molar-refractivity contribution in [1.29, 1.82) is 0 Å². The van der Waals surface area contributed by atoms with Crippen molar-refractivity contribution >= 4 is 20.2 Å². The standard InChI is InChI=1S/C21H22N2O6Se/c1-25-16-7-6-12(8-15(16)24)14-11-30-21(22-14)19(23-29-5)13-9-17(26-2)20(28-4)18(10-13)27-3/h6-11,24H,1-5H3/b23-19-. The SMILES string of the molecule is CO/N=C(/c1cc(OC)c(OC)c(OC)c1)c1nc(-c2ccc(OC)c(O)c2)c[se]1. The van der Waals surface area contributed by atoms with Gasteiger partial charge in [0.05, 0.1) is 0 Å². The number of ether oxygens (including phenoxy) is 4. The quantitative estimate of drug-likeness (QED) is 0.303. The summed E-state index contributed by atoms with van der Waals surface area (Å²) in [4.78, 5) is 11.8. The van der Waals surface area contributed by atoms with Crippen molar-refractivity contribution in [2.75, 3.05) is 35.5 Å². The zero-order chi connectivity index (χ0) is 21.7. The molecule has 0 unspecified atom stereocenters. The van der Waals surface area contributed by atoms with E-state index in [1.807, 2.05) is 11.0 Å². The topological polar surface area (TPSA) is 91.6 Å². The van der Waals surface area contributed by atoms with Crippen LogP contribution in [0.5, 0.6) is 28.7 Å². The van der Waals surface area contributed by atoms with Crippen LogP contribution < -0.4 is 18.9 Å². The van der Waals surface area contributed by atoms with Crippen molar-refractivity contribution in [3.05, 3.63) is 45.4 Å². The van der Waals surface area contributed by atoms with Crippen molar-refractivity contribution < 1.29 is 28.9 Å². The number of nitrogens with zero attached hydrogens (tertiary/aromatic N) is 2. The van der Waals surface area contributed by atoms with Crippen LogP contribution in [0.3, 0.4) is 0 Å². The number of rotatable bonds is 8. The van der Waals surface area contributed by atoms with Gasteiger partial charge >= 0.3 is 180 Å². The van der Waals surface area contributed by atoms with E-state index >= 15 is 0 Å². The van der Waals surface area contributed by atoms with Gasteiger partial charge in [-0.25, -0.2) is 0 Å². The molecule has 0 aliphatic heterocycles. The van der Waals surface area contributed by atoms with Gasteiger partial charge in [-0.3, -0.25) is 0 Å². The first-order valence-electron chi connectivity index (χ1n) is 8.81. The van der Waals surface area contributed by atoms with Gasteiger partial charge in [-0.05, 0) is 0 Å². The van der Waals surface area contributed by atoms with Gasteiger partial charge < -0.3 is 0 Å². The summed E-state index contributed by atoms with van der Waals surface area (Å²) in [6.45, 7) is 0. The van der Waals surface area contributed by atoms with E-state index in [1.165, 1.54) is 14.2 Å². The van der Waals surface area contributed by atoms with Crippen molar-refractivity contribution in [3.8, 4) is 40.0 Å². The molecule has 0 bridgehead atoms. The Morgan fingerprint density at radius 1 is 0.900 bits per heavy atom. The number of phenolic OH excluding ortho intramolecular Hbond substituents is 1. The fraction of sp³-hybridized carbons (Fsp3) is 0.238. The van der Waals surface area contributed by atoms with Crippen LogP contribution in [0.15, 0.2) is 40.4 Å². The average Bonchev–Trinajstić information content (AvgIpc) is 3.26. The Bertz CT molecular complexity index is 1040. The predicted molar refractivity (Wildman–Crippen MR) is 114 cm³/mol. The van der Waals surface area contributed by atoms with Gasteiger partial charge in [-0.2, -0.15) is 0 Å². The number of oxime groups is 1. The number of aromatic hydroxyl groups is 1. The summed E-state index contributed by atoms with van der Waals surface area (Å²) >= 11 is -0.0946. The average molecular weight is 477 g/mol. The molecule has 3 rings (SSSR count). The second kappa shape index (κ2) is 9.56. The predicted octanol–water partition coefficient (Wildman–Crippen LogP) is 2.94. The summed E-state index contributed by atoms with van der Waals surface area (Å²) in [6, 6.07) is 8.78. The minimum absolute atomic E-state index is 0.0578. The van der Waals surface area contributed by atoms with Gasteiger partial charge in [-0.1, -0.05) is 0 Å². The summed E-state index contributed by atoms with van der Waals surface area (Å²) in [5.41, 5.74) is 2.82. The molecule has 2 aromatic carbocycles. The molecule has 1 aromatic heterocycles. The third kappa shape index (κ3) is 4.22. The molecule has 1 N–H and O–H groups in total. The van der Waals surface area contributed by atoms with Gasteiger partial charge in [0, 0.05) is 0 Å². The molecular weight excluding hydrogens is 455 g/mol. The molecule has 0 atom stereocenters. The third-order valence-corrected chi connectivity index (χ3v) is 6.08. The van der Waals surface area contributed by atoms with Crippen molar-refractivity contribution in [3.63, 3.8) is 0 Å². The molecule has 0 aliphatic rings. The molecule has 0 spiro atoms. The van der Waals surface area contributed by atoms with Gasteiger partial charge in [0.1, 0.15) is 0 Å². The van der Waals surface area contributed by atoms with Crippen molar-refractivity contribution in [2.24, 2.45) is 5.16 Å². The van der Waals surface area contributed by atoms with Gasteiger partial charge in [0.25, 0.3) is 0 Å². The van der Waals surface area contributed by atoms with Crippen LogP contribution in [0.25, 0.3) is 11.3 Å². The Balaban J connectivity index is 2.05. The zero-order valence-corrected chi connectivity index (χ0v) is 19.0.